The van der Waals surface area contributed by atoms with Gasteiger partial charge in [-0.05, 0) is 5.56 Å². The summed E-state index contributed by atoms with van der Waals surface area (Å²) in [6, 6.07) is 2.42. The molecular weight excluding hydrogens is 450 g/mol. The number of benzene rings is 1. The number of hydrogen-bond donors (Lipinski definition) is 0. The molecular formula is C14H6F14O. The molecule has 0 saturated carbocycles. The van der Waals surface area contributed by atoms with E-state index < -0.39 is 47.6 Å². The van der Waals surface area contributed by atoms with Crippen LogP contribution in [0.4, 0.5) is 61.5 Å². The molecule has 0 aliphatic carbocycles. The van der Waals surface area contributed by atoms with Crippen molar-refractivity contribution in [3.8, 4) is 0 Å². The maximum atomic E-state index is 13.9. The summed E-state index contributed by atoms with van der Waals surface area (Å²) in [5.41, 5.74) is -8.45. The second-order valence-corrected chi connectivity index (χ2v) is 5.28. The summed E-state index contributed by atoms with van der Waals surface area (Å²) in [4.78, 5) is 0. The predicted octanol–water partition coefficient (Wildman–Crippen LogP) is 6.67. The molecule has 0 aliphatic rings. The highest BCUT2D eigenvalue weighted by Gasteiger charge is 2.94. The Morgan fingerprint density at radius 3 is 1.48 bits per heavy atom. The number of alkyl halides is 13. The van der Waals surface area contributed by atoms with Crippen molar-refractivity contribution in [1.82, 2.24) is 0 Å². The average molecular weight is 456 g/mol. The van der Waals surface area contributed by atoms with Crippen LogP contribution in [0, 0.1) is 0 Å². The third-order valence-electron chi connectivity index (χ3n) is 3.28. The van der Waals surface area contributed by atoms with Gasteiger partial charge in [0, 0.05) is 6.08 Å². The lowest BCUT2D eigenvalue weighted by Crippen LogP contribution is -2.74. The molecule has 0 amide bonds. The third-order valence-corrected chi connectivity index (χ3v) is 3.28. The smallest absolute Gasteiger partial charge is 0.403 e. The van der Waals surface area contributed by atoms with Gasteiger partial charge in [-0.15, -0.1) is 0 Å². The van der Waals surface area contributed by atoms with Gasteiger partial charge in [0.05, 0.1) is 0 Å². The lowest BCUT2D eigenvalue weighted by atomic mass is 9.89. The molecule has 0 aliphatic heterocycles. The van der Waals surface area contributed by atoms with Crippen molar-refractivity contribution in [2.45, 2.75) is 36.0 Å². The topological polar surface area (TPSA) is 9.23 Å². The van der Waals surface area contributed by atoms with Gasteiger partial charge in [0.1, 0.15) is 0 Å². The molecule has 0 bridgehead atoms. The monoisotopic (exact) mass is 456 g/mol. The first-order chi connectivity index (χ1) is 12.7. The van der Waals surface area contributed by atoms with Crippen LogP contribution in [0.1, 0.15) is 5.56 Å². The van der Waals surface area contributed by atoms with Crippen molar-refractivity contribution in [3.63, 3.8) is 0 Å². The van der Waals surface area contributed by atoms with Crippen molar-refractivity contribution >= 4 is 6.08 Å². The Morgan fingerprint density at radius 1 is 0.655 bits per heavy atom. The Bertz CT molecular complexity index is 733. The number of rotatable bonds is 6. The zero-order chi connectivity index (χ0) is 23.1. The van der Waals surface area contributed by atoms with Crippen LogP contribution in [-0.4, -0.2) is 36.0 Å². The summed E-state index contributed by atoms with van der Waals surface area (Å²) in [5.74, 6) is -16.1. The second-order valence-electron chi connectivity index (χ2n) is 5.28. The van der Waals surface area contributed by atoms with Crippen LogP contribution in [0.5, 0.6) is 0 Å². The second kappa shape index (κ2) is 7.23. The predicted molar refractivity (Wildman–Crippen MR) is 67.4 cm³/mol. The molecule has 1 aromatic rings. The highest BCUT2D eigenvalue weighted by Crippen LogP contribution is 2.62. The van der Waals surface area contributed by atoms with Crippen LogP contribution in [0.15, 0.2) is 36.3 Å². The molecule has 1 rings (SSSR count). The Hall–Kier alpha value is -2.22. The van der Waals surface area contributed by atoms with E-state index in [1.165, 1.54) is 6.07 Å². The van der Waals surface area contributed by atoms with Gasteiger partial charge in [0.2, 0.25) is 0 Å². The minimum atomic E-state index is -8.17. The van der Waals surface area contributed by atoms with Crippen LogP contribution in [0.3, 0.4) is 0 Å². The van der Waals surface area contributed by atoms with Crippen molar-refractivity contribution in [1.29, 1.82) is 0 Å². The van der Waals surface area contributed by atoms with Crippen LogP contribution in [0.2, 0.25) is 0 Å². The van der Waals surface area contributed by atoms with E-state index in [1.807, 2.05) is 0 Å². The van der Waals surface area contributed by atoms with Gasteiger partial charge in [-0.3, -0.25) is 0 Å². The van der Waals surface area contributed by atoms with Crippen LogP contribution < -0.4 is 0 Å². The fourth-order valence-electron chi connectivity index (χ4n) is 1.82. The Kier molecular flexibility index (Phi) is 6.19. The molecule has 0 fully saturated rings. The number of halogens is 14. The molecule has 29 heavy (non-hydrogen) atoms. The quantitative estimate of drug-likeness (QED) is 0.344. The van der Waals surface area contributed by atoms with Crippen LogP contribution in [-0.2, 0) is 4.74 Å². The average Bonchev–Trinajstić information content (AvgIpc) is 2.51. The summed E-state index contributed by atoms with van der Waals surface area (Å²) in [5, 5.41) is 0. The fraction of sp³-hybridized carbons (Fsp3) is 0.429. The lowest BCUT2D eigenvalue weighted by Gasteiger charge is -2.41. The first-order valence-corrected chi connectivity index (χ1v) is 6.79. The molecule has 0 radical (unpaired) electrons. The van der Waals surface area contributed by atoms with Crippen molar-refractivity contribution in [3.05, 3.63) is 41.9 Å². The highest BCUT2D eigenvalue weighted by atomic mass is 19.4. The van der Waals surface area contributed by atoms with Crippen molar-refractivity contribution in [2.75, 3.05) is 0 Å². The Labute approximate surface area is 151 Å². The van der Waals surface area contributed by atoms with Gasteiger partial charge in [-0.1, -0.05) is 30.3 Å². The first-order valence-electron chi connectivity index (χ1n) is 6.79. The SMILES string of the molecule is FC(=Cc1ccccc1)OC(F)(F)C(F)(C(F)(F)F)C(F)(F)C(F)(F)C(F)(F)F. The Balaban J connectivity index is 3.55. The molecule has 0 saturated heterocycles. The molecule has 166 valence electrons. The molecule has 1 atom stereocenters. The van der Waals surface area contributed by atoms with E-state index in [0.717, 1.165) is 24.3 Å². The minimum Gasteiger partial charge on any atom is -0.403 e. The van der Waals surface area contributed by atoms with Gasteiger partial charge < -0.3 is 4.74 Å². The molecule has 0 spiro atoms. The van der Waals surface area contributed by atoms with E-state index >= 15 is 0 Å². The molecule has 1 aromatic carbocycles. The van der Waals surface area contributed by atoms with Crippen LogP contribution >= 0.6 is 0 Å². The maximum Gasteiger partial charge on any atom is 0.460 e. The zero-order valence-electron chi connectivity index (χ0n) is 13.2. The maximum absolute atomic E-state index is 13.9. The molecule has 0 heterocycles. The van der Waals surface area contributed by atoms with E-state index in [2.05, 4.69) is 4.74 Å². The molecule has 1 unspecified atom stereocenters. The summed E-state index contributed by atoms with van der Waals surface area (Å²) in [7, 11) is 0. The van der Waals surface area contributed by atoms with Gasteiger partial charge >= 0.3 is 36.0 Å². The zero-order valence-corrected chi connectivity index (χ0v) is 13.2. The van der Waals surface area contributed by atoms with E-state index in [4.69, 9.17) is 0 Å². The van der Waals surface area contributed by atoms with Crippen molar-refractivity contribution in [2.24, 2.45) is 0 Å². The van der Waals surface area contributed by atoms with Gasteiger partial charge in [0.25, 0.3) is 6.01 Å². The standard InChI is InChI=1S/C14H6F14O/c15-8(6-7-4-2-1-3-5-7)29-14(27,28)9(16,12(21,22)23)10(17,18)11(19,20)13(24,25)26/h1-6H. The summed E-state index contributed by atoms with van der Waals surface area (Å²) in [6.45, 7) is 0. The molecule has 0 aromatic heterocycles. The summed E-state index contributed by atoms with van der Waals surface area (Å²) < 4.78 is 183. The fourth-order valence-corrected chi connectivity index (χ4v) is 1.82. The Morgan fingerprint density at radius 2 is 1.10 bits per heavy atom. The number of hydrogen-bond acceptors (Lipinski definition) is 1. The van der Waals surface area contributed by atoms with Crippen LogP contribution in [0.25, 0.3) is 6.08 Å². The van der Waals surface area contributed by atoms with E-state index in [0.29, 0.717) is 0 Å². The normalized spacial score (nSPS) is 17.1. The van der Waals surface area contributed by atoms with E-state index in [-0.39, 0.29) is 6.08 Å². The third kappa shape index (κ3) is 4.08. The molecule has 0 N–H and O–H groups in total. The highest BCUT2D eigenvalue weighted by molar-refractivity contribution is 5.49. The largest absolute Gasteiger partial charge is 0.460 e. The molecule has 1 nitrogen and oxygen atoms in total. The van der Waals surface area contributed by atoms with Gasteiger partial charge in [0.15, 0.2) is 0 Å². The number of ether oxygens (including phenoxy) is 1. The molecule has 15 heteroatoms. The lowest BCUT2D eigenvalue weighted by molar-refractivity contribution is -0.470. The minimum absolute atomic E-state index is 0.190. The summed E-state index contributed by atoms with van der Waals surface area (Å²) >= 11 is 0. The van der Waals surface area contributed by atoms with Crippen molar-refractivity contribution < 1.29 is 66.2 Å². The van der Waals surface area contributed by atoms with E-state index in [1.54, 1.807) is 0 Å². The first kappa shape index (κ1) is 24.8. The van der Waals surface area contributed by atoms with Gasteiger partial charge in [-0.25, -0.2) is 4.39 Å². The van der Waals surface area contributed by atoms with Gasteiger partial charge in [-0.2, -0.15) is 57.1 Å². The van der Waals surface area contributed by atoms with E-state index in [9.17, 15) is 61.5 Å². The summed E-state index contributed by atoms with van der Waals surface area (Å²) in [6.07, 6.45) is -22.8.